The van der Waals surface area contributed by atoms with Crippen LogP contribution in [-0.2, 0) is 0 Å². The van der Waals surface area contributed by atoms with Crippen LogP contribution in [0.15, 0.2) is 59.5 Å². The summed E-state index contributed by atoms with van der Waals surface area (Å²) in [7, 11) is 0. The number of nitrogens with one attached hydrogen (secondary N) is 2. The Kier molecular flexibility index (Phi) is 6.99. The molecule has 1 atom stereocenters. The highest BCUT2D eigenvalue weighted by Crippen LogP contribution is 2.26. The molecule has 0 aromatic heterocycles. The molecule has 0 aliphatic heterocycles. The maximum atomic E-state index is 12.3. The zero-order valence-electron chi connectivity index (χ0n) is 13.5. The van der Waals surface area contributed by atoms with Crippen LogP contribution >= 0.6 is 24.0 Å². The molecule has 0 saturated carbocycles. The quantitative estimate of drug-likeness (QED) is 0.507. The van der Waals surface area contributed by atoms with Gasteiger partial charge in [0.15, 0.2) is 5.11 Å². The van der Waals surface area contributed by atoms with Crippen LogP contribution in [0.1, 0.15) is 25.5 Å². The van der Waals surface area contributed by atoms with Crippen molar-refractivity contribution in [3.63, 3.8) is 0 Å². The molecule has 24 heavy (non-hydrogen) atoms. The van der Waals surface area contributed by atoms with Crippen molar-refractivity contribution in [3.8, 4) is 0 Å². The third-order valence-corrected chi connectivity index (χ3v) is 4.39. The van der Waals surface area contributed by atoms with Gasteiger partial charge in [-0.05, 0) is 48.0 Å². The number of thioether (sulfide) groups is 1. The second kappa shape index (κ2) is 8.99. The van der Waals surface area contributed by atoms with Gasteiger partial charge in [0.2, 0.25) is 0 Å². The fraction of sp³-hybridized carbons (Fsp3) is 0.278. The molecule has 128 valence electrons. The lowest BCUT2D eigenvalue weighted by Crippen LogP contribution is -2.34. The standard InChI is InChI=1S/C18H20F2N2S2/c1-12(2)16(13-6-4-3-5-7-13)22-18(23)21-14-8-10-15(11-9-14)24-17(19)20/h3-12,16-17H,1-2H3,(H2,21,22,23)/t16-/m1/s1. The molecule has 6 heteroatoms. The van der Waals surface area contributed by atoms with Crippen molar-refractivity contribution in [2.45, 2.75) is 30.5 Å². The van der Waals surface area contributed by atoms with Gasteiger partial charge in [-0.25, -0.2) is 0 Å². The Morgan fingerprint density at radius 3 is 2.17 bits per heavy atom. The third kappa shape index (κ3) is 5.76. The van der Waals surface area contributed by atoms with E-state index in [1.54, 1.807) is 24.3 Å². The first-order valence-corrected chi connectivity index (χ1v) is 8.92. The molecule has 2 rings (SSSR count). The average Bonchev–Trinajstić information content (AvgIpc) is 2.54. The van der Waals surface area contributed by atoms with Gasteiger partial charge in [-0.1, -0.05) is 55.9 Å². The van der Waals surface area contributed by atoms with Crippen molar-refractivity contribution >= 4 is 34.8 Å². The maximum absolute atomic E-state index is 12.3. The van der Waals surface area contributed by atoms with Gasteiger partial charge in [0.25, 0.3) is 5.76 Å². The molecular formula is C18H20F2N2S2. The summed E-state index contributed by atoms with van der Waals surface area (Å²) >= 11 is 5.92. The van der Waals surface area contributed by atoms with Gasteiger partial charge in [-0.2, -0.15) is 8.78 Å². The van der Waals surface area contributed by atoms with E-state index in [4.69, 9.17) is 12.2 Å². The van der Waals surface area contributed by atoms with Crippen LogP contribution in [0.3, 0.4) is 0 Å². The van der Waals surface area contributed by atoms with Gasteiger partial charge >= 0.3 is 0 Å². The Morgan fingerprint density at radius 1 is 1.00 bits per heavy atom. The minimum Gasteiger partial charge on any atom is -0.355 e. The predicted molar refractivity (Wildman–Crippen MR) is 102 cm³/mol. The van der Waals surface area contributed by atoms with Crippen molar-refractivity contribution in [2.24, 2.45) is 5.92 Å². The summed E-state index contributed by atoms with van der Waals surface area (Å²) in [6.45, 7) is 4.26. The van der Waals surface area contributed by atoms with Gasteiger partial charge in [0.1, 0.15) is 0 Å². The molecule has 2 aromatic carbocycles. The largest absolute Gasteiger partial charge is 0.355 e. The summed E-state index contributed by atoms with van der Waals surface area (Å²) in [5, 5.41) is 6.93. The molecular weight excluding hydrogens is 346 g/mol. The van der Waals surface area contributed by atoms with Crippen LogP contribution in [0.2, 0.25) is 0 Å². The third-order valence-electron chi connectivity index (χ3n) is 3.45. The molecule has 0 fully saturated rings. The molecule has 2 aromatic rings. The maximum Gasteiger partial charge on any atom is 0.288 e. The number of halogens is 2. The molecule has 2 nitrogen and oxygen atoms in total. The minimum atomic E-state index is -2.41. The van der Waals surface area contributed by atoms with Gasteiger partial charge < -0.3 is 10.6 Å². The smallest absolute Gasteiger partial charge is 0.288 e. The lowest BCUT2D eigenvalue weighted by Gasteiger charge is -2.24. The SMILES string of the molecule is CC(C)[C@@H](NC(=S)Nc1ccc(SC(F)F)cc1)c1ccccc1. The number of anilines is 1. The molecule has 0 bridgehead atoms. The first-order valence-electron chi connectivity index (χ1n) is 7.63. The summed E-state index contributed by atoms with van der Waals surface area (Å²) < 4.78 is 24.7. The van der Waals surface area contributed by atoms with Crippen molar-refractivity contribution in [2.75, 3.05) is 5.32 Å². The Bertz CT molecular complexity index is 646. The van der Waals surface area contributed by atoms with Crippen LogP contribution in [0.4, 0.5) is 14.5 Å². The first-order chi connectivity index (χ1) is 11.5. The van der Waals surface area contributed by atoms with Gasteiger partial charge in [0.05, 0.1) is 6.04 Å². The summed E-state index contributed by atoms with van der Waals surface area (Å²) in [6, 6.07) is 17.0. The Morgan fingerprint density at radius 2 is 1.62 bits per heavy atom. The summed E-state index contributed by atoms with van der Waals surface area (Å²) in [4.78, 5) is 0.527. The normalized spacial score (nSPS) is 12.2. The zero-order chi connectivity index (χ0) is 17.5. The van der Waals surface area contributed by atoms with E-state index in [9.17, 15) is 8.78 Å². The summed E-state index contributed by atoms with van der Waals surface area (Å²) in [5.74, 6) is -2.05. The van der Waals surface area contributed by atoms with Crippen molar-refractivity contribution < 1.29 is 8.78 Å². The zero-order valence-corrected chi connectivity index (χ0v) is 15.1. The minimum absolute atomic E-state index is 0.0971. The predicted octanol–water partition coefficient (Wildman–Crippen LogP) is 5.69. The van der Waals surface area contributed by atoms with Crippen LogP contribution in [-0.4, -0.2) is 10.9 Å². The summed E-state index contributed by atoms with van der Waals surface area (Å²) in [6.07, 6.45) is 0. The highest BCUT2D eigenvalue weighted by molar-refractivity contribution is 7.99. The molecule has 0 aliphatic carbocycles. The molecule has 0 radical (unpaired) electrons. The molecule has 0 amide bonds. The Balaban J connectivity index is 1.98. The molecule has 0 unspecified atom stereocenters. The van der Waals surface area contributed by atoms with E-state index in [-0.39, 0.29) is 6.04 Å². The number of hydrogen-bond donors (Lipinski definition) is 2. The van der Waals surface area contributed by atoms with Crippen LogP contribution in [0, 0.1) is 5.92 Å². The van der Waals surface area contributed by atoms with Crippen LogP contribution in [0.25, 0.3) is 0 Å². The number of benzene rings is 2. The molecule has 0 aliphatic rings. The Hall–Kier alpha value is -1.66. The average molecular weight is 367 g/mol. The van der Waals surface area contributed by atoms with E-state index in [1.807, 2.05) is 18.2 Å². The van der Waals surface area contributed by atoms with Crippen molar-refractivity contribution in [3.05, 3.63) is 60.2 Å². The number of alkyl halides is 2. The van der Waals surface area contributed by atoms with Gasteiger partial charge in [-0.15, -0.1) is 0 Å². The number of thiocarbonyl (C=S) groups is 1. The van der Waals surface area contributed by atoms with Crippen LogP contribution < -0.4 is 10.6 Å². The van der Waals surface area contributed by atoms with Crippen molar-refractivity contribution in [1.82, 2.24) is 5.32 Å². The lowest BCUT2D eigenvalue weighted by molar-refractivity contribution is 0.252. The molecule has 0 heterocycles. The Labute approximate surface area is 151 Å². The molecule has 0 saturated heterocycles. The van der Waals surface area contributed by atoms with E-state index in [0.29, 0.717) is 27.7 Å². The second-order valence-corrected chi connectivity index (χ2v) is 7.11. The lowest BCUT2D eigenvalue weighted by atomic mass is 9.96. The van der Waals surface area contributed by atoms with E-state index in [1.165, 1.54) is 5.56 Å². The fourth-order valence-corrected chi connectivity index (χ4v) is 3.07. The summed E-state index contributed by atoms with van der Waals surface area (Å²) in [5.41, 5.74) is 1.93. The number of rotatable bonds is 6. The highest BCUT2D eigenvalue weighted by Gasteiger charge is 2.16. The van der Waals surface area contributed by atoms with E-state index < -0.39 is 5.76 Å². The van der Waals surface area contributed by atoms with Gasteiger partial charge in [-0.3, -0.25) is 0 Å². The topological polar surface area (TPSA) is 24.1 Å². The van der Waals surface area contributed by atoms with E-state index in [0.717, 1.165) is 5.69 Å². The highest BCUT2D eigenvalue weighted by atomic mass is 32.2. The van der Waals surface area contributed by atoms with E-state index in [2.05, 4.69) is 36.6 Å². The van der Waals surface area contributed by atoms with Gasteiger partial charge in [0, 0.05) is 10.6 Å². The molecule has 0 spiro atoms. The monoisotopic (exact) mass is 366 g/mol. The molecule has 2 N–H and O–H groups in total. The van der Waals surface area contributed by atoms with E-state index >= 15 is 0 Å². The first kappa shape index (κ1) is 18.7. The van der Waals surface area contributed by atoms with Crippen LogP contribution in [0.5, 0.6) is 0 Å². The van der Waals surface area contributed by atoms with Crippen molar-refractivity contribution in [1.29, 1.82) is 0 Å². The second-order valence-electron chi connectivity index (χ2n) is 5.63. The number of hydrogen-bond acceptors (Lipinski definition) is 2. The fourth-order valence-electron chi connectivity index (χ4n) is 2.32.